The van der Waals surface area contributed by atoms with Crippen LogP contribution < -0.4 is 0 Å². The second-order valence-electron chi connectivity index (χ2n) is 4.38. The van der Waals surface area contributed by atoms with Crippen molar-refractivity contribution in [1.82, 2.24) is 0 Å². The van der Waals surface area contributed by atoms with Gasteiger partial charge in [0.25, 0.3) is 0 Å². The third kappa shape index (κ3) is 8.06. The monoisotopic (exact) mass is 196 g/mol. The SMILES string of the molecule is C=CC[C@H](O)C[C@@H](C)CCC=C(C)C. The molecule has 0 radical (unpaired) electrons. The summed E-state index contributed by atoms with van der Waals surface area (Å²) in [7, 11) is 0. The molecular weight excluding hydrogens is 172 g/mol. The van der Waals surface area contributed by atoms with Crippen molar-refractivity contribution in [2.45, 2.75) is 52.6 Å². The molecule has 0 aromatic rings. The van der Waals surface area contributed by atoms with Gasteiger partial charge in [-0.15, -0.1) is 6.58 Å². The average Bonchev–Trinajstić information content (AvgIpc) is 2.03. The van der Waals surface area contributed by atoms with Crippen molar-refractivity contribution in [3.05, 3.63) is 24.3 Å². The highest BCUT2D eigenvalue weighted by Gasteiger charge is 2.07. The summed E-state index contributed by atoms with van der Waals surface area (Å²) in [6.45, 7) is 10.1. The minimum atomic E-state index is -0.200. The van der Waals surface area contributed by atoms with E-state index in [1.54, 1.807) is 6.08 Å². The summed E-state index contributed by atoms with van der Waals surface area (Å²) in [6, 6.07) is 0. The summed E-state index contributed by atoms with van der Waals surface area (Å²) in [5, 5.41) is 9.54. The van der Waals surface area contributed by atoms with Gasteiger partial charge in [-0.2, -0.15) is 0 Å². The van der Waals surface area contributed by atoms with Crippen LogP contribution in [0.3, 0.4) is 0 Å². The van der Waals surface area contributed by atoms with Crippen LogP contribution in [-0.2, 0) is 0 Å². The van der Waals surface area contributed by atoms with Crippen molar-refractivity contribution in [3.63, 3.8) is 0 Å². The van der Waals surface area contributed by atoms with Gasteiger partial charge < -0.3 is 5.11 Å². The normalized spacial score (nSPS) is 14.6. The van der Waals surface area contributed by atoms with Crippen LogP contribution in [-0.4, -0.2) is 11.2 Å². The summed E-state index contributed by atoms with van der Waals surface area (Å²) in [4.78, 5) is 0. The minimum Gasteiger partial charge on any atom is -0.393 e. The summed E-state index contributed by atoms with van der Waals surface area (Å²) >= 11 is 0. The number of hydrogen-bond donors (Lipinski definition) is 1. The van der Waals surface area contributed by atoms with Crippen molar-refractivity contribution in [2.24, 2.45) is 5.92 Å². The standard InChI is InChI=1S/C13H24O/c1-5-7-13(14)10-12(4)9-6-8-11(2)3/h5,8,12-14H,1,6-7,9-10H2,2-4H3/t12-,13-/m0/s1. The second kappa shape index (κ2) is 7.81. The van der Waals surface area contributed by atoms with Gasteiger partial charge in [-0.05, 0) is 45.4 Å². The molecule has 0 bridgehead atoms. The van der Waals surface area contributed by atoms with E-state index in [4.69, 9.17) is 0 Å². The Morgan fingerprint density at radius 2 is 2.07 bits per heavy atom. The summed E-state index contributed by atoms with van der Waals surface area (Å²) < 4.78 is 0. The van der Waals surface area contributed by atoms with E-state index in [1.165, 1.54) is 12.0 Å². The maximum atomic E-state index is 9.54. The van der Waals surface area contributed by atoms with Gasteiger partial charge in [0.15, 0.2) is 0 Å². The lowest BCUT2D eigenvalue weighted by molar-refractivity contribution is 0.146. The molecule has 1 heteroatoms. The Balaban J connectivity index is 3.59. The fourth-order valence-corrected chi connectivity index (χ4v) is 1.53. The van der Waals surface area contributed by atoms with E-state index in [0.717, 1.165) is 12.8 Å². The van der Waals surface area contributed by atoms with Crippen molar-refractivity contribution in [3.8, 4) is 0 Å². The summed E-state index contributed by atoms with van der Waals surface area (Å²) in [6.07, 6.45) is 7.75. The number of rotatable bonds is 7. The van der Waals surface area contributed by atoms with E-state index in [1.807, 2.05) is 0 Å². The van der Waals surface area contributed by atoms with Crippen LogP contribution in [0.25, 0.3) is 0 Å². The van der Waals surface area contributed by atoms with Crippen LogP contribution in [0.15, 0.2) is 24.3 Å². The molecule has 0 spiro atoms. The van der Waals surface area contributed by atoms with Crippen molar-refractivity contribution >= 4 is 0 Å². The Bertz CT molecular complexity index is 178. The van der Waals surface area contributed by atoms with E-state index in [9.17, 15) is 5.11 Å². The first-order valence-electron chi connectivity index (χ1n) is 5.48. The molecule has 14 heavy (non-hydrogen) atoms. The largest absolute Gasteiger partial charge is 0.393 e. The van der Waals surface area contributed by atoms with Crippen LogP contribution in [0, 0.1) is 5.92 Å². The Hall–Kier alpha value is -0.560. The highest BCUT2D eigenvalue weighted by atomic mass is 16.3. The molecule has 1 nitrogen and oxygen atoms in total. The molecule has 0 saturated carbocycles. The van der Waals surface area contributed by atoms with Crippen molar-refractivity contribution in [2.75, 3.05) is 0 Å². The van der Waals surface area contributed by atoms with Gasteiger partial charge in [-0.1, -0.05) is 24.6 Å². The Kier molecular flexibility index (Phi) is 7.50. The van der Waals surface area contributed by atoms with Gasteiger partial charge in [0, 0.05) is 0 Å². The summed E-state index contributed by atoms with van der Waals surface area (Å²) in [5.74, 6) is 0.598. The lowest BCUT2D eigenvalue weighted by Crippen LogP contribution is -2.10. The molecule has 0 aromatic heterocycles. The molecule has 1 N–H and O–H groups in total. The maximum absolute atomic E-state index is 9.54. The van der Waals surface area contributed by atoms with Crippen LogP contribution in [0.2, 0.25) is 0 Å². The van der Waals surface area contributed by atoms with E-state index < -0.39 is 0 Å². The highest BCUT2D eigenvalue weighted by molar-refractivity contribution is 4.92. The third-order valence-corrected chi connectivity index (χ3v) is 2.33. The molecular formula is C13H24O. The van der Waals surface area contributed by atoms with Crippen LogP contribution >= 0.6 is 0 Å². The van der Waals surface area contributed by atoms with Crippen LogP contribution in [0.1, 0.15) is 46.5 Å². The first kappa shape index (κ1) is 13.4. The lowest BCUT2D eigenvalue weighted by atomic mass is 9.96. The van der Waals surface area contributed by atoms with Crippen LogP contribution in [0.4, 0.5) is 0 Å². The first-order chi connectivity index (χ1) is 6.56. The van der Waals surface area contributed by atoms with Gasteiger partial charge in [0.1, 0.15) is 0 Å². The third-order valence-electron chi connectivity index (χ3n) is 2.33. The molecule has 0 aliphatic heterocycles. The van der Waals surface area contributed by atoms with Gasteiger partial charge >= 0.3 is 0 Å². The lowest BCUT2D eigenvalue weighted by Gasteiger charge is -2.14. The molecule has 0 fully saturated rings. The topological polar surface area (TPSA) is 20.2 Å². The predicted octanol–water partition coefficient (Wildman–Crippen LogP) is 3.70. The summed E-state index contributed by atoms with van der Waals surface area (Å²) in [5.41, 5.74) is 1.38. The van der Waals surface area contributed by atoms with E-state index in [2.05, 4.69) is 33.4 Å². The zero-order chi connectivity index (χ0) is 11.0. The molecule has 0 rings (SSSR count). The molecule has 0 aromatic carbocycles. The minimum absolute atomic E-state index is 0.200. The molecule has 0 aliphatic rings. The van der Waals surface area contributed by atoms with Crippen molar-refractivity contribution < 1.29 is 5.11 Å². The highest BCUT2D eigenvalue weighted by Crippen LogP contribution is 2.15. The Morgan fingerprint density at radius 1 is 1.43 bits per heavy atom. The fraction of sp³-hybridized carbons (Fsp3) is 0.692. The number of allylic oxidation sites excluding steroid dienone is 2. The van der Waals surface area contributed by atoms with E-state index >= 15 is 0 Å². The van der Waals surface area contributed by atoms with Gasteiger partial charge in [0.2, 0.25) is 0 Å². The second-order valence-corrected chi connectivity index (χ2v) is 4.38. The van der Waals surface area contributed by atoms with Crippen LogP contribution in [0.5, 0.6) is 0 Å². The van der Waals surface area contributed by atoms with E-state index in [0.29, 0.717) is 12.3 Å². The zero-order valence-corrected chi connectivity index (χ0v) is 9.79. The first-order valence-corrected chi connectivity index (χ1v) is 5.48. The molecule has 0 saturated heterocycles. The number of aliphatic hydroxyl groups is 1. The van der Waals surface area contributed by atoms with Crippen molar-refractivity contribution in [1.29, 1.82) is 0 Å². The van der Waals surface area contributed by atoms with E-state index in [-0.39, 0.29) is 6.10 Å². The maximum Gasteiger partial charge on any atom is 0.0577 e. The predicted molar refractivity (Wildman–Crippen MR) is 63.3 cm³/mol. The Labute approximate surface area is 88.5 Å². The molecule has 2 atom stereocenters. The molecule has 0 heterocycles. The van der Waals surface area contributed by atoms with Gasteiger partial charge in [0.05, 0.1) is 6.10 Å². The Morgan fingerprint density at radius 3 is 2.57 bits per heavy atom. The average molecular weight is 196 g/mol. The molecule has 82 valence electrons. The smallest absolute Gasteiger partial charge is 0.0577 e. The quantitative estimate of drug-likeness (QED) is 0.616. The van der Waals surface area contributed by atoms with Gasteiger partial charge in [-0.3, -0.25) is 0 Å². The molecule has 0 unspecified atom stereocenters. The number of aliphatic hydroxyl groups excluding tert-OH is 1. The fourth-order valence-electron chi connectivity index (χ4n) is 1.53. The van der Waals surface area contributed by atoms with Gasteiger partial charge in [-0.25, -0.2) is 0 Å². The molecule has 0 amide bonds. The molecule has 0 aliphatic carbocycles. The zero-order valence-electron chi connectivity index (χ0n) is 9.79. The number of hydrogen-bond acceptors (Lipinski definition) is 1.